The molecule has 0 aliphatic heterocycles. The summed E-state index contributed by atoms with van der Waals surface area (Å²) in [7, 11) is -2.20. The van der Waals surface area contributed by atoms with Gasteiger partial charge in [-0.1, -0.05) is 59.2 Å². The highest BCUT2D eigenvalue weighted by Crippen LogP contribution is 2.22. The van der Waals surface area contributed by atoms with Crippen molar-refractivity contribution in [3.05, 3.63) is 93.7 Å². The van der Waals surface area contributed by atoms with Crippen molar-refractivity contribution in [2.24, 2.45) is 4.99 Å². The molecule has 0 saturated carbocycles. The molecule has 9 heteroatoms. The smallest absolute Gasteiger partial charge is 0.279 e. The first-order valence-electron chi connectivity index (χ1n) is 10.2. The molecule has 4 rings (SSSR count). The summed E-state index contributed by atoms with van der Waals surface area (Å²) in [4.78, 5) is 17.6. The zero-order valence-corrected chi connectivity index (χ0v) is 20.6. The molecule has 0 unspecified atom stereocenters. The monoisotopic (exact) mass is 509 g/mol. The second kappa shape index (κ2) is 9.95. The molecule has 1 amide bonds. The Labute approximate surface area is 206 Å². The first kappa shape index (κ1) is 23.9. The number of halogens is 1. The number of sulfonamides is 1. The summed E-state index contributed by atoms with van der Waals surface area (Å²) in [6.07, 6.45) is 5.50. The average Bonchev–Trinajstić information content (AvgIpc) is 3.15. The summed E-state index contributed by atoms with van der Waals surface area (Å²) in [5.41, 5.74) is 1.98. The quantitative estimate of drug-likeness (QED) is 0.358. The maximum atomic E-state index is 12.9. The first-order chi connectivity index (χ1) is 16.3. The Hall–Kier alpha value is -3.22. The van der Waals surface area contributed by atoms with E-state index in [9.17, 15) is 13.2 Å². The Morgan fingerprint density at radius 3 is 2.50 bits per heavy atom. The third-order valence-electron chi connectivity index (χ3n) is 5.15. The lowest BCUT2D eigenvalue weighted by Crippen LogP contribution is -2.26. The average molecular weight is 510 g/mol. The number of benzene rings is 3. The molecular formula is C25H20ClN3O3S2. The van der Waals surface area contributed by atoms with E-state index >= 15 is 0 Å². The molecule has 3 aromatic carbocycles. The van der Waals surface area contributed by atoms with Crippen LogP contribution in [0.1, 0.15) is 15.9 Å². The van der Waals surface area contributed by atoms with Crippen molar-refractivity contribution >= 4 is 49.1 Å². The fourth-order valence-corrected chi connectivity index (χ4v) is 5.87. The van der Waals surface area contributed by atoms with Gasteiger partial charge < -0.3 is 4.57 Å². The van der Waals surface area contributed by atoms with E-state index in [0.29, 0.717) is 9.82 Å². The van der Waals surface area contributed by atoms with Gasteiger partial charge in [-0.25, -0.2) is 8.42 Å². The molecule has 0 bridgehead atoms. The van der Waals surface area contributed by atoms with Crippen molar-refractivity contribution in [2.75, 3.05) is 7.05 Å². The van der Waals surface area contributed by atoms with E-state index in [1.807, 2.05) is 36.4 Å². The van der Waals surface area contributed by atoms with Crippen LogP contribution in [-0.4, -0.2) is 30.2 Å². The molecule has 4 aromatic rings. The van der Waals surface area contributed by atoms with E-state index in [-0.39, 0.29) is 23.5 Å². The topological polar surface area (TPSA) is 71.7 Å². The molecule has 172 valence electrons. The molecule has 0 N–H and O–H groups in total. The fourth-order valence-electron chi connectivity index (χ4n) is 3.40. The van der Waals surface area contributed by atoms with Crippen LogP contribution in [0, 0.1) is 12.3 Å². The molecule has 34 heavy (non-hydrogen) atoms. The molecule has 0 saturated heterocycles. The third kappa shape index (κ3) is 4.98. The van der Waals surface area contributed by atoms with E-state index in [1.165, 1.54) is 47.0 Å². The van der Waals surface area contributed by atoms with Crippen LogP contribution in [0.2, 0.25) is 5.02 Å². The largest absolute Gasteiger partial charge is 0.305 e. The van der Waals surface area contributed by atoms with Crippen LogP contribution in [0.15, 0.2) is 82.7 Å². The van der Waals surface area contributed by atoms with Crippen LogP contribution in [0.3, 0.4) is 0 Å². The van der Waals surface area contributed by atoms with E-state index in [2.05, 4.69) is 10.9 Å². The molecule has 0 radical (unpaired) electrons. The van der Waals surface area contributed by atoms with Gasteiger partial charge in [-0.05, 0) is 48.0 Å². The van der Waals surface area contributed by atoms with Gasteiger partial charge in [0.15, 0.2) is 4.80 Å². The van der Waals surface area contributed by atoms with Gasteiger partial charge in [-0.2, -0.15) is 9.30 Å². The number of fused-ring (bicyclic) bond motifs is 1. The minimum Gasteiger partial charge on any atom is -0.305 e. The number of hydrogen-bond donors (Lipinski definition) is 0. The lowest BCUT2D eigenvalue weighted by Gasteiger charge is -2.17. The van der Waals surface area contributed by atoms with Crippen LogP contribution in [0.5, 0.6) is 0 Å². The molecule has 6 nitrogen and oxygen atoms in total. The number of terminal acetylenes is 1. The first-order valence-corrected chi connectivity index (χ1v) is 12.8. The van der Waals surface area contributed by atoms with Crippen LogP contribution in [0.25, 0.3) is 10.2 Å². The highest BCUT2D eigenvalue weighted by molar-refractivity contribution is 7.89. The molecule has 0 aliphatic carbocycles. The normalized spacial score (nSPS) is 12.2. The van der Waals surface area contributed by atoms with E-state index in [1.54, 1.807) is 16.7 Å². The summed E-state index contributed by atoms with van der Waals surface area (Å²) in [5, 5.41) is 0.577. The molecular weight excluding hydrogens is 490 g/mol. The zero-order valence-electron chi connectivity index (χ0n) is 18.2. The number of aromatic nitrogens is 1. The van der Waals surface area contributed by atoms with Gasteiger partial charge in [0.05, 0.1) is 21.7 Å². The van der Waals surface area contributed by atoms with Gasteiger partial charge in [-0.15, -0.1) is 6.42 Å². The number of carbonyl (C=O) groups excluding carboxylic acids is 1. The lowest BCUT2D eigenvalue weighted by atomic mass is 10.2. The van der Waals surface area contributed by atoms with Gasteiger partial charge in [0.25, 0.3) is 5.91 Å². The van der Waals surface area contributed by atoms with Gasteiger partial charge in [0.1, 0.15) is 0 Å². The Balaban J connectivity index is 1.61. The highest BCUT2D eigenvalue weighted by Gasteiger charge is 2.21. The van der Waals surface area contributed by atoms with Crippen molar-refractivity contribution in [3.63, 3.8) is 0 Å². The fraction of sp³-hybridized carbons (Fsp3) is 0.120. The van der Waals surface area contributed by atoms with Crippen LogP contribution in [0.4, 0.5) is 0 Å². The summed E-state index contributed by atoms with van der Waals surface area (Å²) >= 11 is 7.39. The summed E-state index contributed by atoms with van der Waals surface area (Å²) < 4.78 is 29.8. The van der Waals surface area contributed by atoms with Crippen LogP contribution in [-0.2, 0) is 23.1 Å². The number of carbonyl (C=O) groups is 1. The SMILES string of the molecule is C#CCn1c(=NC(=O)c2ccc(S(=O)(=O)N(C)Cc3ccccc3)cc2)sc2cc(Cl)ccc21. The highest BCUT2D eigenvalue weighted by atomic mass is 35.5. The van der Waals surface area contributed by atoms with Crippen molar-refractivity contribution in [1.29, 1.82) is 0 Å². The van der Waals surface area contributed by atoms with E-state index in [0.717, 1.165) is 15.8 Å². The predicted molar refractivity (Wildman–Crippen MR) is 135 cm³/mol. The number of thiazole rings is 1. The number of amides is 1. The molecule has 0 spiro atoms. The summed E-state index contributed by atoms with van der Waals surface area (Å²) in [6.45, 7) is 0.489. The molecule has 0 aliphatic rings. The predicted octanol–water partition coefficient (Wildman–Crippen LogP) is 4.55. The second-order valence-electron chi connectivity index (χ2n) is 7.47. The summed E-state index contributed by atoms with van der Waals surface area (Å²) in [6, 6.07) is 20.5. The Bertz CT molecular complexity index is 1570. The molecule has 1 aromatic heterocycles. The summed E-state index contributed by atoms with van der Waals surface area (Å²) in [5.74, 6) is 2.08. The van der Waals surface area contributed by atoms with Gasteiger partial charge in [-0.3, -0.25) is 4.79 Å². The number of nitrogens with zero attached hydrogens (tertiary/aromatic N) is 3. The molecule has 0 atom stereocenters. The minimum atomic E-state index is -3.72. The van der Waals surface area contributed by atoms with Crippen LogP contribution < -0.4 is 4.80 Å². The van der Waals surface area contributed by atoms with Gasteiger partial charge in [0.2, 0.25) is 10.0 Å². The van der Waals surface area contributed by atoms with Crippen molar-refractivity contribution in [2.45, 2.75) is 18.0 Å². The Morgan fingerprint density at radius 1 is 1.12 bits per heavy atom. The van der Waals surface area contributed by atoms with E-state index in [4.69, 9.17) is 18.0 Å². The Morgan fingerprint density at radius 2 is 1.82 bits per heavy atom. The van der Waals surface area contributed by atoms with Gasteiger partial charge >= 0.3 is 0 Å². The van der Waals surface area contributed by atoms with Gasteiger partial charge in [0, 0.05) is 24.2 Å². The molecule has 0 fully saturated rings. The molecule has 1 heterocycles. The maximum absolute atomic E-state index is 12.9. The second-order valence-corrected chi connectivity index (χ2v) is 11.0. The minimum absolute atomic E-state index is 0.0985. The standard InChI is InChI=1S/C25H20ClN3O3S2/c1-3-15-29-22-14-11-20(26)16-23(22)33-25(29)27-24(30)19-9-12-21(13-10-19)34(31,32)28(2)17-18-7-5-4-6-8-18/h1,4-14,16H,15,17H2,2H3. The van der Waals surface area contributed by atoms with Crippen molar-refractivity contribution in [3.8, 4) is 12.3 Å². The van der Waals surface area contributed by atoms with Crippen LogP contribution >= 0.6 is 22.9 Å². The number of hydrogen-bond acceptors (Lipinski definition) is 4. The van der Waals surface area contributed by atoms with E-state index < -0.39 is 15.9 Å². The number of rotatable bonds is 6. The van der Waals surface area contributed by atoms with Crippen molar-refractivity contribution in [1.82, 2.24) is 8.87 Å². The maximum Gasteiger partial charge on any atom is 0.279 e. The lowest BCUT2D eigenvalue weighted by molar-refractivity contribution is 0.0998. The Kier molecular flexibility index (Phi) is 7.00. The third-order valence-corrected chi connectivity index (χ3v) is 8.24. The zero-order chi connectivity index (χ0) is 24.3. The van der Waals surface area contributed by atoms with Crippen molar-refractivity contribution < 1.29 is 13.2 Å².